The highest BCUT2D eigenvalue weighted by molar-refractivity contribution is 6.35. The molecule has 2 amide bonds. The zero-order valence-corrected chi connectivity index (χ0v) is 17.5. The van der Waals surface area contributed by atoms with Crippen molar-refractivity contribution in [3.63, 3.8) is 0 Å². The van der Waals surface area contributed by atoms with Gasteiger partial charge in [-0.3, -0.25) is 9.59 Å². The number of amides is 2. The quantitative estimate of drug-likeness (QED) is 0.397. The van der Waals surface area contributed by atoms with E-state index in [1.807, 2.05) is 52.0 Å². The minimum atomic E-state index is -0.947. The Morgan fingerprint density at radius 3 is 1.47 bits per heavy atom. The molecule has 0 unspecified atom stereocenters. The molecule has 30 heavy (non-hydrogen) atoms. The van der Waals surface area contributed by atoms with Crippen LogP contribution >= 0.6 is 0 Å². The van der Waals surface area contributed by atoms with Crippen LogP contribution in [0, 0.1) is 0 Å². The van der Waals surface area contributed by atoms with E-state index in [-0.39, 0.29) is 12.2 Å². The minimum absolute atomic E-state index is 0.00570. The lowest BCUT2D eigenvalue weighted by Crippen LogP contribution is -2.35. The second-order valence-electron chi connectivity index (χ2n) is 6.81. The van der Waals surface area contributed by atoms with Crippen LogP contribution in [0.4, 0.5) is 0 Å². The molecule has 0 saturated carbocycles. The molecule has 0 aliphatic rings. The van der Waals surface area contributed by atoms with Crippen molar-refractivity contribution >= 4 is 24.2 Å². The largest absolute Gasteiger partial charge is 0.490 e. The van der Waals surface area contributed by atoms with E-state index >= 15 is 0 Å². The van der Waals surface area contributed by atoms with Gasteiger partial charge in [0.15, 0.2) is 0 Å². The van der Waals surface area contributed by atoms with Gasteiger partial charge in [-0.1, -0.05) is 24.3 Å². The summed E-state index contributed by atoms with van der Waals surface area (Å²) in [5, 5.41) is 7.61. The number of rotatable bonds is 8. The SMILES string of the molecule is CC(C)Oc1ccccc1/C=N\NC(=O)C(=O)N/N=C\c1ccccc1OC(C)C. The third kappa shape index (κ3) is 7.38. The first-order valence-corrected chi connectivity index (χ1v) is 9.54. The second kappa shape index (κ2) is 11.4. The first-order chi connectivity index (χ1) is 14.4. The zero-order chi connectivity index (χ0) is 21.9. The molecule has 0 spiro atoms. The maximum atomic E-state index is 11.9. The smallest absolute Gasteiger partial charge is 0.331 e. The molecule has 0 aliphatic heterocycles. The molecule has 2 aromatic rings. The van der Waals surface area contributed by atoms with Crippen LogP contribution in [0.1, 0.15) is 38.8 Å². The highest BCUT2D eigenvalue weighted by atomic mass is 16.5. The van der Waals surface area contributed by atoms with Crippen LogP contribution in [0.15, 0.2) is 58.7 Å². The number of hydrogen-bond donors (Lipinski definition) is 2. The normalized spacial score (nSPS) is 11.3. The van der Waals surface area contributed by atoms with Crippen LogP contribution in [0.3, 0.4) is 0 Å². The molecule has 0 fully saturated rings. The number of nitrogens with one attached hydrogen (secondary N) is 2. The van der Waals surface area contributed by atoms with Gasteiger partial charge in [0.25, 0.3) is 0 Å². The molecule has 8 heteroatoms. The molecule has 0 aliphatic carbocycles. The molecule has 0 atom stereocenters. The van der Waals surface area contributed by atoms with E-state index in [2.05, 4.69) is 21.1 Å². The summed E-state index contributed by atoms with van der Waals surface area (Å²) in [6, 6.07) is 14.5. The van der Waals surface area contributed by atoms with E-state index in [1.165, 1.54) is 12.4 Å². The summed E-state index contributed by atoms with van der Waals surface area (Å²) in [5.41, 5.74) is 5.67. The first kappa shape index (κ1) is 22.6. The maximum absolute atomic E-state index is 11.9. The third-order valence-corrected chi connectivity index (χ3v) is 3.51. The Morgan fingerprint density at radius 2 is 1.10 bits per heavy atom. The Hall–Kier alpha value is -3.68. The Bertz CT molecular complexity index is 847. The number of hydrazone groups is 2. The van der Waals surface area contributed by atoms with Crippen LogP contribution in [0.2, 0.25) is 0 Å². The number of carbonyl (C=O) groups is 2. The van der Waals surface area contributed by atoms with E-state index in [9.17, 15) is 9.59 Å². The van der Waals surface area contributed by atoms with E-state index < -0.39 is 11.8 Å². The Kier molecular flexibility index (Phi) is 8.56. The van der Waals surface area contributed by atoms with E-state index in [1.54, 1.807) is 24.3 Å². The summed E-state index contributed by atoms with van der Waals surface area (Å²) in [5.74, 6) is -0.640. The van der Waals surface area contributed by atoms with Gasteiger partial charge in [0, 0.05) is 11.1 Å². The van der Waals surface area contributed by atoms with Crippen molar-refractivity contribution in [3.05, 3.63) is 59.7 Å². The molecule has 0 aromatic heterocycles. The summed E-state index contributed by atoms with van der Waals surface area (Å²) < 4.78 is 11.3. The highest BCUT2D eigenvalue weighted by Gasteiger charge is 2.12. The summed E-state index contributed by atoms with van der Waals surface area (Å²) in [4.78, 5) is 23.8. The number of ether oxygens (including phenoxy) is 2. The van der Waals surface area contributed by atoms with Gasteiger partial charge < -0.3 is 9.47 Å². The van der Waals surface area contributed by atoms with Crippen molar-refractivity contribution in [2.45, 2.75) is 39.9 Å². The number of nitrogens with zero attached hydrogens (tertiary/aromatic N) is 2. The molecule has 0 bridgehead atoms. The molecule has 0 saturated heterocycles. The number of carbonyl (C=O) groups excluding carboxylic acids is 2. The fourth-order valence-corrected chi connectivity index (χ4v) is 2.32. The van der Waals surface area contributed by atoms with Crippen molar-refractivity contribution in [1.29, 1.82) is 0 Å². The second-order valence-corrected chi connectivity index (χ2v) is 6.81. The van der Waals surface area contributed by atoms with Gasteiger partial charge in [-0.15, -0.1) is 0 Å². The predicted octanol–water partition coefficient (Wildman–Crippen LogP) is 2.86. The van der Waals surface area contributed by atoms with Crippen molar-refractivity contribution in [3.8, 4) is 11.5 Å². The van der Waals surface area contributed by atoms with Crippen LogP contribution in [0.25, 0.3) is 0 Å². The van der Waals surface area contributed by atoms with Gasteiger partial charge in [-0.05, 0) is 52.0 Å². The van der Waals surface area contributed by atoms with Gasteiger partial charge in [-0.2, -0.15) is 10.2 Å². The number of hydrogen-bond acceptors (Lipinski definition) is 6. The highest BCUT2D eigenvalue weighted by Crippen LogP contribution is 2.18. The zero-order valence-electron chi connectivity index (χ0n) is 17.5. The van der Waals surface area contributed by atoms with Crippen LogP contribution in [-0.4, -0.2) is 36.5 Å². The minimum Gasteiger partial charge on any atom is -0.490 e. The van der Waals surface area contributed by atoms with Crippen molar-refractivity contribution in [2.75, 3.05) is 0 Å². The average molecular weight is 410 g/mol. The molecule has 0 radical (unpaired) electrons. The van der Waals surface area contributed by atoms with Crippen LogP contribution < -0.4 is 20.3 Å². The van der Waals surface area contributed by atoms with Crippen molar-refractivity contribution in [1.82, 2.24) is 10.9 Å². The Morgan fingerprint density at radius 1 is 0.733 bits per heavy atom. The summed E-state index contributed by atoms with van der Waals surface area (Å²) in [7, 11) is 0. The lowest BCUT2D eigenvalue weighted by Gasteiger charge is -2.11. The van der Waals surface area contributed by atoms with Crippen LogP contribution in [0.5, 0.6) is 11.5 Å². The molecular weight excluding hydrogens is 384 g/mol. The van der Waals surface area contributed by atoms with E-state index in [0.29, 0.717) is 22.6 Å². The lowest BCUT2D eigenvalue weighted by atomic mass is 10.2. The van der Waals surface area contributed by atoms with Gasteiger partial charge in [0.05, 0.1) is 24.6 Å². The molecule has 0 heterocycles. The van der Waals surface area contributed by atoms with Gasteiger partial charge in [-0.25, -0.2) is 10.9 Å². The van der Waals surface area contributed by atoms with Gasteiger partial charge >= 0.3 is 11.8 Å². The van der Waals surface area contributed by atoms with E-state index in [0.717, 1.165) is 0 Å². The van der Waals surface area contributed by atoms with E-state index in [4.69, 9.17) is 9.47 Å². The monoisotopic (exact) mass is 410 g/mol. The molecule has 2 N–H and O–H groups in total. The Balaban J connectivity index is 1.91. The third-order valence-electron chi connectivity index (χ3n) is 3.51. The molecule has 2 aromatic carbocycles. The fourth-order valence-electron chi connectivity index (χ4n) is 2.32. The number of benzene rings is 2. The maximum Gasteiger partial charge on any atom is 0.331 e. The summed E-state index contributed by atoms with van der Waals surface area (Å²) in [6.07, 6.45) is 2.81. The topological polar surface area (TPSA) is 101 Å². The van der Waals surface area contributed by atoms with Gasteiger partial charge in [0.2, 0.25) is 0 Å². The fraction of sp³-hybridized carbons (Fsp3) is 0.273. The average Bonchev–Trinajstić information content (AvgIpc) is 2.69. The molecule has 158 valence electrons. The van der Waals surface area contributed by atoms with Crippen molar-refractivity contribution in [2.24, 2.45) is 10.2 Å². The summed E-state index contributed by atoms with van der Waals surface area (Å²) in [6.45, 7) is 7.64. The summed E-state index contributed by atoms with van der Waals surface area (Å²) >= 11 is 0. The first-order valence-electron chi connectivity index (χ1n) is 9.54. The molecule has 2 rings (SSSR count). The molecular formula is C22H26N4O4. The van der Waals surface area contributed by atoms with Crippen LogP contribution in [-0.2, 0) is 9.59 Å². The number of para-hydroxylation sites is 2. The lowest BCUT2D eigenvalue weighted by molar-refractivity contribution is -0.139. The van der Waals surface area contributed by atoms with Crippen molar-refractivity contribution < 1.29 is 19.1 Å². The standard InChI is InChI=1S/C22H26N4O4/c1-15(2)29-19-11-7-5-9-17(19)13-23-25-21(27)22(28)26-24-14-18-10-6-8-12-20(18)30-16(3)4/h5-16H,1-4H3,(H,25,27)(H,26,28)/b23-13-,24-14-. The molecule has 8 nitrogen and oxygen atoms in total. The Labute approximate surface area is 176 Å². The van der Waals surface area contributed by atoms with Gasteiger partial charge in [0.1, 0.15) is 11.5 Å². The predicted molar refractivity (Wildman–Crippen MR) is 116 cm³/mol.